The Hall–Kier alpha value is -1.64. The molecule has 0 saturated carbocycles. The molecule has 0 aromatic heterocycles. The van der Waals surface area contributed by atoms with Crippen LogP contribution < -0.4 is 10.6 Å². The van der Waals surface area contributed by atoms with Crippen LogP contribution in [0.2, 0.25) is 0 Å². The summed E-state index contributed by atoms with van der Waals surface area (Å²) in [4.78, 5) is 23.5. The van der Waals surface area contributed by atoms with Crippen molar-refractivity contribution in [2.24, 2.45) is 0 Å². The fraction of sp³-hybridized carbons (Fsp3) is 0.750. The molecule has 2 heterocycles. The fourth-order valence-corrected chi connectivity index (χ4v) is 2.81. The van der Waals surface area contributed by atoms with Crippen LogP contribution in [0.25, 0.3) is 0 Å². The van der Waals surface area contributed by atoms with Crippen LogP contribution >= 0.6 is 0 Å². The maximum Gasteiger partial charge on any atom is 0.320 e. The Kier molecular flexibility index (Phi) is 7.47. The second kappa shape index (κ2) is 9.24. The summed E-state index contributed by atoms with van der Waals surface area (Å²) in [6.07, 6.45) is -6.19. The fourth-order valence-electron chi connectivity index (χ4n) is 2.81. The summed E-state index contributed by atoms with van der Waals surface area (Å²) >= 11 is 0. The first kappa shape index (κ1) is 22.6. The van der Waals surface area contributed by atoms with E-state index in [0.717, 1.165) is 5.57 Å². The van der Waals surface area contributed by atoms with E-state index in [9.17, 15) is 40.2 Å². The first-order valence-electron chi connectivity index (χ1n) is 8.68. The van der Waals surface area contributed by atoms with Crippen molar-refractivity contribution in [3.05, 3.63) is 11.6 Å². The molecule has 0 spiro atoms. The van der Waals surface area contributed by atoms with Gasteiger partial charge in [-0.3, -0.25) is 14.9 Å². The molecule has 28 heavy (non-hydrogen) atoms. The van der Waals surface area contributed by atoms with Crippen LogP contribution in [-0.2, 0) is 19.1 Å². The zero-order valence-electron chi connectivity index (χ0n) is 15.2. The molecule has 2 aliphatic heterocycles. The molecule has 0 aliphatic carbocycles. The smallest absolute Gasteiger partial charge is 0.320 e. The maximum atomic E-state index is 12.0. The normalized spacial score (nSPS) is 35.1. The summed E-state index contributed by atoms with van der Waals surface area (Å²) in [6.45, 7) is 0.922. The maximum absolute atomic E-state index is 12.0. The Morgan fingerprint density at radius 2 is 2.04 bits per heavy atom. The van der Waals surface area contributed by atoms with Gasteiger partial charge in [0.1, 0.15) is 30.5 Å². The van der Waals surface area contributed by atoms with Gasteiger partial charge < -0.3 is 45.4 Å². The molecule has 12 heteroatoms. The van der Waals surface area contributed by atoms with E-state index >= 15 is 0 Å². The number of nitrogens with one attached hydrogen (secondary N) is 2. The van der Waals surface area contributed by atoms with Crippen molar-refractivity contribution < 1.29 is 49.7 Å². The van der Waals surface area contributed by atoms with Gasteiger partial charge in [0.15, 0.2) is 6.23 Å². The van der Waals surface area contributed by atoms with E-state index in [1.54, 1.807) is 13.0 Å². The van der Waals surface area contributed by atoms with Gasteiger partial charge in [0.25, 0.3) is 5.91 Å². The molecule has 12 nitrogen and oxygen atoms in total. The minimum atomic E-state index is -2.36. The Labute approximate surface area is 160 Å². The summed E-state index contributed by atoms with van der Waals surface area (Å²) in [5.41, 5.74) is 0.750. The highest BCUT2D eigenvalue weighted by molar-refractivity contribution is 5.82. The molecule has 160 valence electrons. The lowest BCUT2D eigenvalue weighted by atomic mass is 9.96. The lowest BCUT2D eigenvalue weighted by Gasteiger charge is -2.42. The quantitative estimate of drug-likeness (QED) is 0.183. The van der Waals surface area contributed by atoms with E-state index in [1.807, 2.05) is 0 Å². The van der Waals surface area contributed by atoms with Crippen LogP contribution in [0.3, 0.4) is 0 Å². The van der Waals surface area contributed by atoms with Gasteiger partial charge in [0.2, 0.25) is 5.79 Å². The predicted octanol–water partition coefficient (Wildman–Crippen LogP) is -4.00. The third-order valence-electron chi connectivity index (χ3n) is 4.70. The van der Waals surface area contributed by atoms with Crippen molar-refractivity contribution in [1.82, 2.24) is 10.6 Å². The van der Waals surface area contributed by atoms with E-state index < -0.39 is 73.9 Å². The average molecular weight is 406 g/mol. The molecule has 7 atom stereocenters. The minimum Gasteiger partial charge on any atom is -0.480 e. The Morgan fingerprint density at radius 1 is 1.36 bits per heavy atom. The van der Waals surface area contributed by atoms with Crippen molar-refractivity contribution in [2.45, 2.75) is 55.8 Å². The van der Waals surface area contributed by atoms with Gasteiger partial charge in [0.05, 0.1) is 19.8 Å². The number of hydrogen-bond acceptors (Lipinski definition) is 10. The number of carbonyl (C=O) groups excluding carboxylic acids is 1. The molecule has 1 amide bonds. The molecule has 8 N–H and O–H groups in total. The number of rotatable bonds is 8. The zero-order chi connectivity index (χ0) is 21.1. The highest BCUT2D eigenvalue weighted by atomic mass is 16.6. The summed E-state index contributed by atoms with van der Waals surface area (Å²) in [5, 5.41) is 63.3. The topological polar surface area (TPSA) is 198 Å². The van der Waals surface area contributed by atoms with Crippen LogP contribution in [0, 0.1) is 0 Å². The van der Waals surface area contributed by atoms with Gasteiger partial charge in [0, 0.05) is 6.42 Å². The highest BCUT2D eigenvalue weighted by Gasteiger charge is 2.48. The second-order valence-electron chi connectivity index (χ2n) is 6.85. The van der Waals surface area contributed by atoms with Gasteiger partial charge in [-0.1, -0.05) is 6.08 Å². The molecule has 0 radical (unpaired) electrons. The van der Waals surface area contributed by atoms with E-state index in [0.29, 0.717) is 6.61 Å². The van der Waals surface area contributed by atoms with E-state index in [2.05, 4.69) is 10.6 Å². The Bertz CT molecular complexity index is 614. The molecule has 1 fully saturated rings. The van der Waals surface area contributed by atoms with E-state index in [1.165, 1.54) is 0 Å². The Balaban J connectivity index is 1.91. The van der Waals surface area contributed by atoms with Crippen LogP contribution in [0.15, 0.2) is 11.6 Å². The van der Waals surface area contributed by atoms with Crippen molar-refractivity contribution in [2.75, 3.05) is 19.8 Å². The number of aliphatic hydroxyl groups excluding tert-OH is 4. The lowest BCUT2D eigenvalue weighted by Crippen LogP contribution is -2.65. The number of amides is 1. The minimum absolute atomic E-state index is 0.313. The van der Waals surface area contributed by atoms with Crippen molar-refractivity contribution in [3.8, 4) is 0 Å². The van der Waals surface area contributed by atoms with Gasteiger partial charge >= 0.3 is 5.97 Å². The summed E-state index contributed by atoms with van der Waals surface area (Å²) < 4.78 is 10.1. The molecule has 1 saturated heterocycles. The molecule has 2 rings (SSSR count). The molecule has 2 aliphatic rings. The van der Waals surface area contributed by atoms with Crippen molar-refractivity contribution in [3.63, 3.8) is 0 Å². The number of hydrogen-bond donors (Lipinski definition) is 8. The molecule has 0 aromatic rings. The Morgan fingerprint density at radius 3 is 2.61 bits per heavy atom. The van der Waals surface area contributed by atoms with E-state index in [-0.39, 0.29) is 0 Å². The van der Waals surface area contributed by atoms with Gasteiger partial charge in [-0.25, -0.2) is 0 Å². The number of aliphatic hydroxyl groups is 5. The first-order chi connectivity index (χ1) is 13.0. The summed E-state index contributed by atoms with van der Waals surface area (Å²) in [5.74, 6) is -4.62. The summed E-state index contributed by atoms with van der Waals surface area (Å²) in [7, 11) is 0. The van der Waals surface area contributed by atoms with Crippen molar-refractivity contribution in [1.29, 1.82) is 0 Å². The number of carboxylic acid groups (broad SMARTS) is 1. The number of aliphatic carboxylic acids is 1. The van der Waals surface area contributed by atoms with Gasteiger partial charge in [-0.15, -0.1) is 0 Å². The molecular formula is C16H26N2O10. The largest absolute Gasteiger partial charge is 0.480 e. The van der Waals surface area contributed by atoms with Crippen LogP contribution in [0.5, 0.6) is 0 Å². The zero-order valence-corrected chi connectivity index (χ0v) is 15.2. The molecule has 0 unspecified atom stereocenters. The van der Waals surface area contributed by atoms with Gasteiger partial charge in [-0.05, 0) is 12.5 Å². The van der Waals surface area contributed by atoms with Crippen molar-refractivity contribution >= 4 is 11.9 Å². The van der Waals surface area contributed by atoms with E-state index in [4.69, 9.17) is 9.47 Å². The number of carbonyl (C=O) groups is 2. The second-order valence-corrected chi connectivity index (χ2v) is 6.85. The monoisotopic (exact) mass is 406 g/mol. The SMILES string of the molecule is CC1=CCO[C@H]1NC(=O)[C@H](O)C[C@H](NC[C@@]1(O)OC[C@@H](O)[C@@H](O)[C@@H]1O)C(=O)O. The number of carboxylic acids is 1. The van der Waals surface area contributed by atoms with Gasteiger partial charge in [-0.2, -0.15) is 0 Å². The average Bonchev–Trinajstić information content (AvgIpc) is 3.04. The van der Waals surface area contributed by atoms with Crippen LogP contribution in [0.4, 0.5) is 0 Å². The lowest BCUT2D eigenvalue weighted by molar-refractivity contribution is -0.318. The standard InChI is InChI=1S/C16H26N2O10/c1-7-2-3-27-14(7)18-13(23)9(19)4-8(15(24)25)17-6-16(26)12(22)11(21)10(20)5-28-16/h2,8-12,14,17,19-22,26H,3-6H2,1H3,(H,18,23)(H,24,25)/t8-,9+,10+,11+,12-,14+,16+/m0/s1. The highest BCUT2D eigenvalue weighted by Crippen LogP contribution is 2.23. The number of ether oxygens (including phenoxy) is 2. The third kappa shape index (κ3) is 5.24. The first-order valence-corrected chi connectivity index (χ1v) is 8.68. The summed E-state index contributed by atoms with van der Waals surface area (Å²) in [6, 6.07) is -1.48. The third-order valence-corrected chi connectivity index (χ3v) is 4.70. The van der Waals surface area contributed by atoms with Crippen LogP contribution in [0.1, 0.15) is 13.3 Å². The predicted molar refractivity (Wildman–Crippen MR) is 90.6 cm³/mol. The molecule has 0 aromatic carbocycles. The molecule has 0 bridgehead atoms. The molecular weight excluding hydrogens is 380 g/mol. The van der Waals surface area contributed by atoms with Crippen LogP contribution in [-0.4, -0.2) is 105 Å².